The van der Waals surface area contributed by atoms with Crippen LogP contribution in [0.3, 0.4) is 0 Å². The van der Waals surface area contributed by atoms with Crippen molar-refractivity contribution in [3.63, 3.8) is 0 Å². The summed E-state index contributed by atoms with van der Waals surface area (Å²) in [5.74, 6) is 0.770. The van der Waals surface area contributed by atoms with Crippen molar-refractivity contribution in [2.75, 3.05) is 13.7 Å². The van der Waals surface area contributed by atoms with Gasteiger partial charge in [-0.1, -0.05) is 0 Å². The predicted octanol–water partition coefficient (Wildman–Crippen LogP) is 1.11. The second kappa shape index (κ2) is 4.18. The first-order valence-corrected chi connectivity index (χ1v) is 4.20. The number of hydrogen-bond donors (Lipinski definition) is 1. The van der Waals surface area contributed by atoms with E-state index < -0.39 is 0 Å². The van der Waals surface area contributed by atoms with Crippen LogP contribution < -0.4 is 0 Å². The standard InChI is InChI=1S/C9H14N2O2/c1-6(12)9-8(4-5-13-3)10-7(2)11-9/h4-5H2,1-3H3,(H,10,11). The highest BCUT2D eigenvalue weighted by molar-refractivity contribution is 5.93. The van der Waals surface area contributed by atoms with Gasteiger partial charge in [-0.2, -0.15) is 0 Å². The molecule has 1 heterocycles. The Bertz CT molecular complexity index is 305. The Labute approximate surface area is 77.3 Å². The molecule has 1 aromatic heterocycles. The van der Waals surface area contributed by atoms with Crippen LogP contribution in [0.1, 0.15) is 28.9 Å². The first kappa shape index (κ1) is 9.92. The Kier molecular flexibility index (Phi) is 3.19. The summed E-state index contributed by atoms with van der Waals surface area (Å²) in [6.45, 7) is 3.95. The van der Waals surface area contributed by atoms with Crippen LogP contribution in [0.4, 0.5) is 0 Å². The van der Waals surface area contributed by atoms with E-state index in [9.17, 15) is 4.79 Å². The maximum atomic E-state index is 11.1. The second-order valence-corrected chi connectivity index (χ2v) is 2.95. The van der Waals surface area contributed by atoms with E-state index in [0.717, 1.165) is 11.5 Å². The van der Waals surface area contributed by atoms with Crippen molar-refractivity contribution in [3.8, 4) is 0 Å². The van der Waals surface area contributed by atoms with Gasteiger partial charge in [0.15, 0.2) is 5.78 Å². The second-order valence-electron chi connectivity index (χ2n) is 2.95. The number of ketones is 1. The lowest BCUT2D eigenvalue weighted by Gasteiger charge is -1.97. The molecule has 0 spiro atoms. The number of rotatable bonds is 4. The first-order valence-electron chi connectivity index (χ1n) is 4.20. The highest BCUT2D eigenvalue weighted by atomic mass is 16.5. The number of nitrogens with zero attached hydrogens (tertiary/aromatic N) is 1. The number of imidazole rings is 1. The average molecular weight is 182 g/mol. The van der Waals surface area contributed by atoms with Gasteiger partial charge in [-0.25, -0.2) is 4.98 Å². The number of aromatic nitrogens is 2. The molecule has 1 N–H and O–H groups in total. The molecule has 0 aliphatic heterocycles. The van der Waals surface area contributed by atoms with Crippen LogP contribution in [-0.2, 0) is 11.2 Å². The molecule has 0 saturated carbocycles. The molecule has 72 valence electrons. The smallest absolute Gasteiger partial charge is 0.179 e. The summed E-state index contributed by atoms with van der Waals surface area (Å²) in [5.41, 5.74) is 1.40. The number of carbonyl (C=O) groups excluding carboxylic acids is 1. The van der Waals surface area contributed by atoms with E-state index in [4.69, 9.17) is 4.74 Å². The molecule has 1 rings (SSSR count). The molecular formula is C9H14N2O2. The molecule has 13 heavy (non-hydrogen) atoms. The normalized spacial score (nSPS) is 10.4. The van der Waals surface area contributed by atoms with E-state index >= 15 is 0 Å². The fraction of sp³-hybridized carbons (Fsp3) is 0.556. The first-order chi connectivity index (χ1) is 6.15. The zero-order valence-electron chi connectivity index (χ0n) is 8.18. The molecule has 0 aliphatic carbocycles. The van der Waals surface area contributed by atoms with E-state index in [1.54, 1.807) is 7.11 Å². The number of hydrogen-bond acceptors (Lipinski definition) is 3. The Hall–Kier alpha value is -1.16. The summed E-state index contributed by atoms with van der Waals surface area (Å²) in [6.07, 6.45) is 0.701. The molecule has 4 nitrogen and oxygen atoms in total. The van der Waals surface area contributed by atoms with Crippen molar-refractivity contribution in [2.24, 2.45) is 0 Å². The number of aryl methyl sites for hydroxylation is 1. The van der Waals surface area contributed by atoms with E-state index in [0.29, 0.717) is 18.7 Å². The molecule has 0 aromatic carbocycles. The van der Waals surface area contributed by atoms with Gasteiger partial charge < -0.3 is 9.72 Å². The minimum atomic E-state index is -0.00421. The Morgan fingerprint density at radius 1 is 1.62 bits per heavy atom. The van der Waals surface area contributed by atoms with Crippen LogP contribution in [0.25, 0.3) is 0 Å². The van der Waals surface area contributed by atoms with Gasteiger partial charge in [0, 0.05) is 26.1 Å². The monoisotopic (exact) mass is 182 g/mol. The summed E-state index contributed by atoms with van der Waals surface area (Å²) < 4.78 is 4.93. The average Bonchev–Trinajstić information content (AvgIpc) is 2.43. The van der Waals surface area contributed by atoms with Crippen molar-refractivity contribution < 1.29 is 9.53 Å². The van der Waals surface area contributed by atoms with Gasteiger partial charge in [-0.15, -0.1) is 0 Å². The fourth-order valence-corrected chi connectivity index (χ4v) is 1.22. The summed E-state index contributed by atoms with van der Waals surface area (Å²) in [4.78, 5) is 18.3. The van der Waals surface area contributed by atoms with Crippen LogP contribution >= 0.6 is 0 Å². The fourth-order valence-electron chi connectivity index (χ4n) is 1.22. The van der Waals surface area contributed by atoms with Gasteiger partial charge in [0.25, 0.3) is 0 Å². The third kappa shape index (κ3) is 2.39. The van der Waals surface area contributed by atoms with Crippen LogP contribution in [0.5, 0.6) is 0 Å². The highest BCUT2D eigenvalue weighted by Gasteiger charge is 2.11. The van der Waals surface area contributed by atoms with Gasteiger partial charge in [0.2, 0.25) is 0 Å². The SMILES string of the molecule is COCCc1[nH]c(C)nc1C(C)=O. The summed E-state index contributed by atoms with van der Waals surface area (Å²) in [7, 11) is 1.64. The summed E-state index contributed by atoms with van der Waals surface area (Å²) in [5, 5.41) is 0. The molecule has 1 aromatic rings. The topological polar surface area (TPSA) is 55.0 Å². The third-order valence-corrected chi connectivity index (χ3v) is 1.79. The van der Waals surface area contributed by atoms with Crippen molar-refractivity contribution in [1.29, 1.82) is 0 Å². The largest absolute Gasteiger partial charge is 0.384 e. The molecule has 0 saturated heterocycles. The highest BCUT2D eigenvalue weighted by Crippen LogP contribution is 2.07. The lowest BCUT2D eigenvalue weighted by molar-refractivity contribution is 0.101. The number of ether oxygens (including phenoxy) is 1. The number of carbonyl (C=O) groups is 1. The van der Waals surface area contributed by atoms with Crippen molar-refractivity contribution in [1.82, 2.24) is 9.97 Å². The number of Topliss-reactive ketones (excluding diaryl/α,β-unsaturated/α-hetero) is 1. The molecule has 4 heteroatoms. The van der Waals surface area contributed by atoms with Gasteiger partial charge in [-0.05, 0) is 6.92 Å². The molecule has 0 amide bonds. The zero-order chi connectivity index (χ0) is 9.84. The van der Waals surface area contributed by atoms with E-state index in [1.165, 1.54) is 6.92 Å². The Balaban J connectivity index is 2.84. The van der Waals surface area contributed by atoms with Gasteiger partial charge in [0.1, 0.15) is 11.5 Å². The molecule has 0 bridgehead atoms. The Morgan fingerprint density at radius 2 is 2.31 bits per heavy atom. The van der Waals surface area contributed by atoms with Crippen molar-refractivity contribution >= 4 is 5.78 Å². The van der Waals surface area contributed by atoms with E-state index in [-0.39, 0.29) is 5.78 Å². The maximum absolute atomic E-state index is 11.1. The minimum Gasteiger partial charge on any atom is -0.384 e. The quantitative estimate of drug-likeness (QED) is 0.709. The molecular weight excluding hydrogens is 168 g/mol. The van der Waals surface area contributed by atoms with E-state index in [1.807, 2.05) is 6.92 Å². The van der Waals surface area contributed by atoms with Gasteiger partial charge in [0.05, 0.1) is 6.61 Å². The Morgan fingerprint density at radius 3 is 2.85 bits per heavy atom. The molecule has 0 atom stereocenters. The number of nitrogens with one attached hydrogen (secondary N) is 1. The van der Waals surface area contributed by atoms with Crippen molar-refractivity contribution in [3.05, 3.63) is 17.2 Å². The van der Waals surface area contributed by atoms with Crippen LogP contribution in [0, 0.1) is 6.92 Å². The number of methoxy groups -OCH3 is 1. The number of H-pyrrole nitrogens is 1. The minimum absolute atomic E-state index is 0.00421. The predicted molar refractivity (Wildman–Crippen MR) is 48.9 cm³/mol. The number of aromatic amines is 1. The molecule has 0 unspecified atom stereocenters. The maximum Gasteiger partial charge on any atom is 0.179 e. The summed E-state index contributed by atoms with van der Waals surface area (Å²) >= 11 is 0. The zero-order valence-corrected chi connectivity index (χ0v) is 8.18. The van der Waals surface area contributed by atoms with Crippen LogP contribution in [0.15, 0.2) is 0 Å². The summed E-state index contributed by atoms with van der Waals surface area (Å²) in [6, 6.07) is 0. The lowest BCUT2D eigenvalue weighted by Crippen LogP contribution is -2.02. The van der Waals surface area contributed by atoms with Gasteiger partial charge >= 0.3 is 0 Å². The van der Waals surface area contributed by atoms with Crippen LogP contribution in [-0.4, -0.2) is 29.5 Å². The van der Waals surface area contributed by atoms with Gasteiger partial charge in [-0.3, -0.25) is 4.79 Å². The molecule has 0 fully saturated rings. The lowest BCUT2D eigenvalue weighted by atomic mass is 10.2. The molecule has 0 radical (unpaired) electrons. The third-order valence-electron chi connectivity index (χ3n) is 1.79. The van der Waals surface area contributed by atoms with Crippen molar-refractivity contribution in [2.45, 2.75) is 20.3 Å². The van der Waals surface area contributed by atoms with Crippen LogP contribution in [0.2, 0.25) is 0 Å². The van der Waals surface area contributed by atoms with E-state index in [2.05, 4.69) is 9.97 Å². The molecule has 0 aliphatic rings.